The lowest BCUT2D eigenvalue weighted by Crippen LogP contribution is -2.12. The molecule has 1 N–H and O–H groups in total. The molecule has 0 aliphatic heterocycles. The van der Waals surface area contributed by atoms with E-state index in [0.29, 0.717) is 17.0 Å². The number of ether oxygens (including phenoxy) is 1. The Kier molecular flexibility index (Phi) is 5.80. The minimum atomic E-state index is 0.348. The van der Waals surface area contributed by atoms with Gasteiger partial charge in [0.2, 0.25) is 0 Å². The minimum absolute atomic E-state index is 0.348. The average Bonchev–Trinajstić information content (AvgIpc) is 2.26. The van der Waals surface area contributed by atoms with E-state index in [9.17, 15) is 0 Å². The van der Waals surface area contributed by atoms with Gasteiger partial charge in [-0.15, -0.1) is 0 Å². The summed E-state index contributed by atoms with van der Waals surface area (Å²) in [6, 6.07) is 5.87. The van der Waals surface area contributed by atoms with E-state index < -0.39 is 0 Å². The van der Waals surface area contributed by atoms with Gasteiger partial charge in [0.1, 0.15) is 5.75 Å². The van der Waals surface area contributed by atoms with E-state index in [2.05, 4.69) is 33.0 Å². The van der Waals surface area contributed by atoms with E-state index in [1.165, 1.54) is 0 Å². The maximum atomic E-state index is 6.17. The van der Waals surface area contributed by atoms with Gasteiger partial charge in [-0.1, -0.05) is 39.3 Å². The van der Waals surface area contributed by atoms with E-state index in [4.69, 9.17) is 16.3 Å². The lowest BCUT2D eigenvalue weighted by atomic mass is 9.92. The third kappa shape index (κ3) is 5.63. The lowest BCUT2D eigenvalue weighted by molar-refractivity contribution is 0.317. The Morgan fingerprint density at radius 2 is 2.00 bits per heavy atom. The first-order valence-electron chi connectivity index (χ1n) is 6.58. The van der Waals surface area contributed by atoms with Crippen molar-refractivity contribution in [3.05, 3.63) is 23.2 Å². The molecule has 0 aliphatic carbocycles. The zero-order valence-electron chi connectivity index (χ0n) is 11.8. The molecule has 1 aromatic rings. The molecule has 2 nitrogen and oxygen atoms in total. The van der Waals surface area contributed by atoms with E-state index in [-0.39, 0.29) is 0 Å². The van der Waals surface area contributed by atoms with Crippen LogP contribution in [0, 0.1) is 5.41 Å². The molecule has 1 rings (SSSR count). The maximum Gasteiger partial charge on any atom is 0.138 e. The molecule has 0 spiro atoms. The summed E-state index contributed by atoms with van der Waals surface area (Å²) in [5.74, 6) is 0.764. The zero-order chi connectivity index (χ0) is 13.6. The maximum absolute atomic E-state index is 6.17. The second-order valence-corrected chi connectivity index (χ2v) is 6.14. The molecule has 0 unspecified atom stereocenters. The predicted octanol–water partition coefficient (Wildman–Crippen LogP) is 4.98. The summed E-state index contributed by atoms with van der Waals surface area (Å²) in [6.07, 6.45) is 2.11. The van der Waals surface area contributed by atoms with Crippen molar-refractivity contribution < 1.29 is 4.74 Å². The number of hydrogen-bond acceptors (Lipinski definition) is 2. The smallest absolute Gasteiger partial charge is 0.138 e. The number of halogens is 1. The van der Waals surface area contributed by atoms with Gasteiger partial charge in [-0.2, -0.15) is 0 Å². The summed E-state index contributed by atoms with van der Waals surface area (Å²) in [5, 5.41) is 4.06. The van der Waals surface area contributed by atoms with Crippen molar-refractivity contribution in [2.24, 2.45) is 5.41 Å². The summed E-state index contributed by atoms with van der Waals surface area (Å²) >= 11 is 6.17. The topological polar surface area (TPSA) is 21.3 Å². The van der Waals surface area contributed by atoms with Crippen LogP contribution >= 0.6 is 11.6 Å². The van der Waals surface area contributed by atoms with E-state index in [1.54, 1.807) is 0 Å². The first kappa shape index (κ1) is 15.2. The molecule has 3 heteroatoms. The highest BCUT2D eigenvalue weighted by molar-refractivity contribution is 6.32. The molecule has 1 aromatic carbocycles. The van der Waals surface area contributed by atoms with Crippen LogP contribution in [0.5, 0.6) is 5.75 Å². The summed E-state index contributed by atoms with van der Waals surface area (Å²) < 4.78 is 5.54. The highest BCUT2D eigenvalue weighted by atomic mass is 35.5. The Morgan fingerprint density at radius 1 is 1.28 bits per heavy atom. The van der Waals surface area contributed by atoms with Crippen molar-refractivity contribution in [1.29, 1.82) is 0 Å². The monoisotopic (exact) mass is 269 g/mol. The summed E-state index contributed by atoms with van der Waals surface area (Å²) in [7, 11) is 0. The number of benzene rings is 1. The van der Waals surface area contributed by atoms with Crippen molar-refractivity contribution in [3.8, 4) is 5.75 Å². The summed E-state index contributed by atoms with van der Waals surface area (Å²) in [6.45, 7) is 10.5. The van der Waals surface area contributed by atoms with E-state index in [1.807, 2.05) is 18.2 Å². The molecule has 0 atom stereocenters. The van der Waals surface area contributed by atoms with Crippen LogP contribution in [0.4, 0.5) is 5.69 Å². The van der Waals surface area contributed by atoms with Crippen molar-refractivity contribution >= 4 is 17.3 Å². The highest BCUT2D eigenvalue weighted by Gasteiger charge is 2.09. The zero-order valence-corrected chi connectivity index (χ0v) is 12.6. The van der Waals surface area contributed by atoms with Crippen LogP contribution in [0.3, 0.4) is 0 Å². The Morgan fingerprint density at radius 3 is 2.56 bits per heavy atom. The van der Waals surface area contributed by atoms with Crippen LogP contribution in [0.15, 0.2) is 18.2 Å². The molecule has 0 amide bonds. The number of rotatable bonds is 6. The van der Waals surface area contributed by atoms with Gasteiger partial charge in [-0.25, -0.2) is 0 Å². The molecule has 0 bridgehead atoms. The number of nitrogens with one attached hydrogen (secondary N) is 1. The summed E-state index contributed by atoms with van der Waals surface area (Å²) in [5.41, 5.74) is 1.40. The van der Waals surface area contributed by atoms with Gasteiger partial charge in [0.25, 0.3) is 0 Å². The third-order valence-electron chi connectivity index (χ3n) is 2.60. The van der Waals surface area contributed by atoms with Gasteiger partial charge in [-0.05, 0) is 36.5 Å². The lowest BCUT2D eigenvalue weighted by Gasteiger charge is -2.18. The predicted molar refractivity (Wildman–Crippen MR) is 79.8 cm³/mol. The average molecular weight is 270 g/mol. The van der Waals surface area contributed by atoms with Gasteiger partial charge in [0.05, 0.1) is 11.6 Å². The fourth-order valence-electron chi connectivity index (χ4n) is 1.52. The van der Waals surface area contributed by atoms with Crippen LogP contribution < -0.4 is 10.1 Å². The largest absolute Gasteiger partial charge is 0.492 e. The van der Waals surface area contributed by atoms with Gasteiger partial charge in [-0.3, -0.25) is 0 Å². The summed E-state index contributed by atoms with van der Waals surface area (Å²) in [4.78, 5) is 0. The molecule has 0 fully saturated rings. The number of anilines is 1. The first-order valence-corrected chi connectivity index (χ1v) is 6.96. The quantitative estimate of drug-likeness (QED) is 0.787. The minimum Gasteiger partial charge on any atom is -0.492 e. The standard InChI is InChI=1S/C15H24ClNO/c1-5-10-18-14-7-6-12(11-13(14)16)17-9-8-15(2,3)4/h6-7,11,17H,5,8-10H2,1-4H3. The molecule has 0 heterocycles. The molecule has 0 saturated heterocycles. The SMILES string of the molecule is CCCOc1ccc(NCCC(C)(C)C)cc1Cl. The molecule has 102 valence electrons. The van der Waals surface area contributed by atoms with Crippen LogP contribution in [-0.4, -0.2) is 13.2 Å². The Hall–Kier alpha value is -0.890. The Bertz CT molecular complexity index is 371. The van der Waals surface area contributed by atoms with Gasteiger partial charge >= 0.3 is 0 Å². The van der Waals surface area contributed by atoms with Gasteiger partial charge in [0.15, 0.2) is 0 Å². The van der Waals surface area contributed by atoms with Crippen LogP contribution in [0.25, 0.3) is 0 Å². The van der Waals surface area contributed by atoms with E-state index >= 15 is 0 Å². The fourth-order valence-corrected chi connectivity index (χ4v) is 1.76. The molecule has 0 saturated carbocycles. The molecular weight excluding hydrogens is 246 g/mol. The first-order chi connectivity index (χ1) is 8.42. The Balaban J connectivity index is 2.51. The third-order valence-corrected chi connectivity index (χ3v) is 2.89. The second-order valence-electron chi connectivity index (χ2n) is 5.73. The fraction of sp³-hybridized carbons (Fsp3) is 0.600. The molecular formula is C15H24ClNO. The molecule has 18 heavy (non-hydrogen) atoms. The van der Waals surface area contributed by atoms with Gasteiger partial charge < -0.3 is 10.1 Å². The second kappa shape index (κ2) is 6.89. The van der Waals surface area contributed by atoms with Crippen LogP contribution in [-0.2, 0) is 0 Å². The molecule has 0 radical (unpaired) electrons. The van der Waals surface area contributed by atoms with Crippen molar-refractivity contribution in [3.63, 3.8) is 0 Å². The van der Waals surface area contributed by atoms with Crippen molar-refractivity contribution in [2.75, 3.05) is 18.5 Å². The highest BCUT2D eigenvalue weighted by Crippen LogP contribution is 2.28. The molecule has 0 aliphatic rings. The number of hydrogen-bond donors (Lipinski definition) is 1. The van der Waals surface area contributed by atoms with Crippen LogP contribution in [0.2, 0.25) is 5.02 Å². The van der Waals surface area contributed by atoms with Crippen molar-refractivity contribution in [1.82, 2.24) is 0 Å². The van der Waals surface area contributed by atoms with E-state index in [0.717, 1.165) is 30.8 Å². The Labute approximate surface area is 116 Å². The van der Waals surface area contributed by atoms with Crippen LogP contribution in [0.1, 0.15) is 40.5 Å². The molecule has 0 aromatic heterocycles. The van der Waals surface area contributed by atoms with Gasteiger partial charge in [0, 0.05) is 12.2 Å². The van der Waals surface area contributed by atoms with Crippen molar-refractivity contribution in [2.45, 2.75) is 40.5 Å². The normalized spacial score (nSPS) is 11.4.